The van der Waals surface area contributed by atoms with Crippen LogP contribution in [0.15, 0.2) is 18.3 Å². The van der Waals surface area contributed by atoms with E-state index in [0.717, 1.165) is 24.0 Å². The van der Waals surface area contributed by atoms with Gasteiger partial charge in [0.25, 0.3) is 0 Å². The average molecular weight is 412 g/mol. The van der Waals surface area contributed by atoms with Crippen molar-refractivity contribution in [2.45, 2.75) is 38.8 Å². The Hall–Kier alpha value is -3.21. The van der Waals surface area contributed by atoms with E-state index in [2.05, 4.69) is 15.9 Å². The minimum Gasteiger partial charge on any atom is -0.465 e. The van der Waals surface area contributed by atoms with Crippen molar-refractivity contribution in [3.8, 4) is 12.3 Å². The van der Waals surface area contributed by atoms with Gasteiger partial charge >= 0.3 is 12.1 Å². The summed E-state index contributed by atoms with van der Waals surface area (Å²) in [5.41, 5.74) is 1.39. The Labute approximate surface area is 176 Å². The lowest BCUT2D eigenvalue weighted by Gasteiger charge is -2.30. The zero-order chi connectivity index (χ0) is 22.1. The van der Waals surface area contributed by atoms with Gasteiger partial charge in [-0.15, -0.1) is 6.42 Å². The number of anilines is 1. The highest BCUT2D eigenvalue weighted by Crippen LogP contribution is 2.32. The summed E-state index contributed by atoms with van der Waals surface area (Å²) in [5, 5.41) is 5.31. The summed E-state index contributed by atoms with van der Waals surface area (Å²) in [4.78, 5) is 28.6. The maximum atomic E-state index is 12.7. The molecule has 0 saturated carbocycles. The van der Waals surface area contributed by atoms with Crippen LogP contribution < -0.4 is 4.90 Å². The molecular weight excluding hydrogens is 384 g/mol. The largest absolute Gasteiger partial charge is 0.465 e. The molecule has 1 aliphatic rings. The fourth-order valence-electron chi connectivity index (χ4n) is 3.73. The summed E-state index contributed by atoms with van der Waals surface area (Å²) in [6, 6.07) is 3.57. The number of hydrogen-bond donors (Lipinski definition) is 0. The van der Waals surface area contributed by atoms with Crippen molar-refractivity contribution in [3.63, 3.8) is 0 Å². The number of terminal acetylenes is 1. The molecule has 0 bridgehead atoms. The number of rotatable bonds is 4. The molecule has 0 spiro atoms. The van der Waals surface area contributed by atoms with Crippen LogP contribution in [-0.2, 0) is 16.5 Å². The molecule has 0 radical (unpaired) electrons. The summed E-state index contributed by atoms with van der Waals surface area (Å²) < 4.78 is 12.1. The second-order valence-corrected chi connectivity index (χ2v) is 8.39. The number of aryl methyl sites for hydroxylation is 1. The normalized spacial score (nSPS) is 16.4. The molecule has 0 aliphatic carbocycles. The Morgan fingerprint density at radius 1 is 1.37 bits per heavy atom. The Bertz CT molecular complexity index is 999. The van der Waals surface area contributed by atoms with Crippen LogP contribution in [-0.4, -0.2) is 65.1 Å². The standard InChI is InChI=1S/C22H28N4O4/c1-7-11-26(21(28)30-22(2,3)4)15-10-12-25(13-15)18-9-8-16(20(27)29-6)19-17(18)14-24(5)23-19/h1,8-9,14-15H,10-13H2,2-6H3/t15-/m0/s1. The van der Waals surface area contributed by atoms with Crippen molar-refractivity contribution in [1.82, 2.24) is 14.7 Å². The second-order valence-electron chi connectivity index (χ2n) is 8.39. The van der Waals surface area contributed by atoms with Crippen LogP contribution in [0.3, 0.4) is 0 Å². The lowest BCUT2D eigenvalue weighted by atomic mass is 10.1. The van der Waals surface area contributed by atoms with E-state index in [9.17, 15) is 9.59 Å². The Balaban J connectivity index is 1.87. The Morgan fingerprint density at radius 2 is 2.10 bits per heavy atom. The number of amides is 1. The lowest BCUT2D eigenvalue weighted by molar-refractivity contribution is 0.0209. The summed E-state index contributed by atoms with van der Waals surface area (Å²) in [6.07, 6.45) is 7.76. The predicted octanol–water partition coefficient (Wildman–Crippen LogP) is 2.81. The van der Waals surface area contributed by atoms with E-state index < -0.39 is 17.7 Å². The van der Waals surface area contributed by atoms with E-state index >= 15 is 0 Å². The molecule has 1 aromatic carbocycles. The highest BCUT2D eigenvalue weighted by atomic mass is 16.6. The molecule has 0 unspecified atom stereocenters. The highest BCUT2D eigenvalue weighted by molar-refractivity contribution is 6.06. The van der Waals surface area contributed by atoms with Crippen molar-refractivity contribution in [1.29, 1.82) is 0 Å². The molecule has 1 saturated heterocycles. The molecule has 1 amide bonds. The molecule has 1 aromatic heterocycles. The van der Waals surface area contributed by atoms with Crippen LogP contribution in [0.2, 0.25) is 0 Å². The van der Waals surface area contributed by atoms with Crippen molar-refractivity contribution in [2.75, 3.05) is 31.6 Å². The molecule has 1 fully saturated rings. The molecule has 3 rings (SSSR count). The third-order valence-electron chi connectivity index (χ3n) is 5.01. The molecule has 8 heteroatoms. The van der Waals surface area contributed by atoms with Crippen molar-refractivity contribution >= 4 is 28.7 Å². The molecule has 0 N–H and O–H groups in total. The summed E-state index contributed by atoms with van der Waals surface area (Å²) >= 11 is 0. The van der Waals surface area contributed by atoms with E-state index in [1.165, 1.54) is 7.11 Å². The second kappa shape index (κ2) is 8.27. The molecule has 1 aliphatic heterocycles. The molecular formula is C22H28N4O4. The van der Waals surface area contributed by atoms with Gasteiger partial charge in [-0.05, 0) is 39.3 Å². The maximum absolute atomic E-state index is 12.7. The first-order valence-corrected chi connectivity index (χ1v) is 9.87. The molecule has 1 atom stereocenters. The fraction of sp³-hybridized carbons (Fsp3) is 0.500. The minimum absolute atomic E-state index is 0.0668. The fourth-order valence-corrected chi connectivity index (χ4v) is 3.73. The van der Waals surface area contributed by atoms with Crippen LogP contribution >= 0.6 is 0 Å². The number of hydrogen-bond acceptors (Lipinski definition) is 6. The van der Waals surface area contributed by atoms with Gasteiger partial charge in [0.2, 0.25) is 0 Å². The van der Waals surface area contributed by atoms with E-state index in [1.54, 1.807) is 15.6 Å². The van der Waals surface area contributed by atoms with Gasteiger partial charge in [0.1, 0.15) is 11.1 Å². The summed E-state index contributed by atoms with van der Waals surface area (Å²) in [6.45, 7) is 7.06. The van der Waals surface area contributed by atoms with E-state index in [0.29, 0.717) is 17.6 Å². The number of ether oxygens (including phenoxy) is 2. The minimum atomic E-state index is -0.589. The van der Waals surface area contributed by atoms with E-state index in [1.807, 2.05) is 40.1 Å². The van der Waals surface area contributed by atoms with E-state index in [4.69, 9.17) is 15.9 Å². The molecule has 30 heavy (non-hydrogen) atoms. The van der Waals surface area contributed by atoms with Crippen LogP contribution in [0.5, 0.6) is 0 Å². The van der Waals surface area contributed by atoms with Gasteiger partial charge in [0, 0.05) is 37.4 Å². The van der Waals surface area contributed by atoms with Gasteiger partial charge in [-0.25, -0.2) is 9.59 Å². The van der Waals surface area contributed by atoms with Gasteiger partial charge in [-0.1, -0.05) is 5.92 Å². The monoisotopic (exact) mass is 412 g/mol. The number of fused-ring (bicyclic) bond motifs is 1. The van der Waals surface area contributed by atoms with Gasteiger partial charge in [-0.3, -0.25) is 9.58 Å². The first-order valence-electron chi connectivity index (χ1n) is 9.87. The van der Waals surface area contributed by atoms with Gasteiger partial charge < -0.3 is 14.4 Å². The molecule has 160 valence electrons. The molecule has 8 nitrogen and oxygen atoms in total. The zero-order valence-electron chi connectivity index (χ0n) is 18.1. The van der Waals surface area contributed by atoms with Gasteiger partial charge in [-0.2, -0.15) is 5.10 Å². The maximum Gasteiger partial charge on any atom is 0.411 e. The topological polar surface area (TPSA) is 76.9 Å². The predicted molar refractivity (Wildman–Crippen MR) is 114 cm³/mol. The number of esters is 1. The SMILES string of the molecule is C#CCN(C(=O)OC(C)(C)C)[C@H]1CCN(c2ccc(C(=O)OC)c3nn(C)cc23)C1. The number of benzene rings is 1. The summed E-state index contributed by atoms with van der Waals surface area (Å²) in [5.74, 6) is 2.15. The number of carbonyl (C=O) groups is 2. The van der Waals surface area contributed by atoms with Gasteiger partial charge in [0.05, 0.1) is 25.3 Å². The first kappa shape index (κ1) is 21.5. The first-order chi connectivity index (χ1) is 14.1. The number of nitrogens with zero attached hydrogens (tertiary/aromatic N) is 4. The van der Waals surface area contributed by atoms with Crippen molar-refractivity contribution in [2.24, 2.45) is 7.05 Å². The van der Waals surface area contributed by atoms with Crippen LogP contribution in [0, 0.1) is 12.3 Å². The molecule has 2 heterocycles. The Morgan fingerprint density at radius 3 is 2.73 bits per heavy atom. The number of methoxy groups -OCH3 is 1. The van der Waals surface area contributed by atoms with Crippen LogP contribution in [0.25, 0.3) is 10.9 Å². The number of carbonyl (C=O) groups excluding carboxylic acids is 2. The van der Waals surface area contributed by atoms with E-state index in [-0.39, 0.29) is 12.6 Å². The quantitative estimate of drug-likeness (QED) is 0.568. The average Bonchev–Trinajstić information content (AvgIpc) is 3.29. The third-order valence-corrected chi connectivity index (χ3v) is 5.01. The van der Waals surface area contributed by atoms with Crippen LogP contribution in [0.1, 0.15) is 37.6 Å². The van der Waals surface area contributed by atoms with Crippen molar-refractivity contribution in [3.05, 3.63) is 23.9 Å². The number of aromatic nitrogens is 2. The van der Waals surface area contributed by atoms with Crippen molar-refractivity contribution < 1.29 is 19.1 Å². The van der Waals surface area contributed by atoms with Crippen LogP contribution in [0.4, 0.5) is 10.5 Å². The third kappa shape index (κ3) is 4.35. The van der Waals surface area contributed by atoms with Gasteiger partial charge in [0.15, 0.2) is 0 Å². The Kier molecular flexibility index (Phi) is 5.92. The molecule has 2 aromatic rings. The zero-order valence-corrected chi connectivity index (χ0v) is 18.1. The summed E-state index contributed by atoms with van der Waals surface area (Å²) in [7, 11) is 3.17. The lowest BCUT2D eigenvalue weighted by Crippen LogP contribution is -2.45. The smallest absolute Gasteiger partial charge is 0.411 e. The highest BCUT2D eigenvalue weighted by Gasteiger charge is 2.34.